The summed E-state index contributed by atoms with van der Waals surface area (Å²) in [6.45, 7) is 1.95. The van der Waals surface area contributed by atoms with E-state index in [1.807, 2.05) is 0 Å². The Hall–Kier alpha value is 0.470. The molecule has 0 unspecified atom stereocenters. The van der Waals surface area contributed by atoms with Crippen molar-refractivity contribution in [2.24, 2.45) is 0 Å². The van der Waals surface area contributed by atoms with Crippen LogP contribution in [0.2, 0.25) is 0 Å². The molecule has 1 aromatic rings. The van der Waals surface area contributed by atoms with Crippen LogP contribution in [0.4, 0.5) is 13.2 Å². The molecule has 9 heteroatoms. The van der Waals surface area contributed by atoms with E-state index in [1.54, 1.807) is 12.1 Å². The Morgan fingerprint density at radius 3 is 2.19 bits per heavy atom. The molecular weight excluding hydrogens is 460 g/mol. The molecule has 1 fully saturated rings. The van der Waals surface area contributed by atoms with Crippen molar-refractivity contribution in [2.75, 3.05) is 26.2 Å². The van der Waals surface area contributed by atoms with E-state index in [4.69, 9.17) is 0 Å². The van der Waals surface area contributed by atoms with Crippen molar-refractivity contribution in [1.29, 1.82) is 0 Å². The number of alkyl halides is 3. The summed E-state index contributed by atoms with van der Waals surface area (Å²) in [6.07, 6.45) is -4.29. The molecule has 1 heterocycles. The molecule has 0 saturated carbocycles. The van der Waals surface area contributed by atoms with Crippen LogP contribution in [-0.4, -0.2) is 37.3 Å². The second kappa shape index (κ2) is 8.93. The number of piperazine rings is 1. The topological polar surface area (TPSA) is 15.3 Å². The van der Waals surface area contributed by atoms with Crippen molar-refractivity contribution >= 4 is 56.7 Å². The van der Waals surface area contributed by atoms with Gasteiger partial charge < -0.3 is 5.32 Å². The predicted octanol–water partition coefficient (Wildman–Crippen LogP) is 4.56. The Morgan fingerprint density at radius 1 is 1.10 bits per heavy atom. The van der Waals surface area contributed by atoms with E-state index >= 15 is 0 Å². The van der Waals surface area contributed by atoms with Crippen molar-refractivity contribution in [1.82, 2.24) is 10.2 Å². The maximum absolute atomic E-state index is 13.4. The van der Waals surface area contributed by atoms with Crippen molar-refractivity contribution in [2.45, 2.75) is 12.2 Å². The molecule has 2 nitrogen and oxygen atoms in total. The van der Waals surface area contributed by atoms with Crippen LogP contribution < -0.4 is 5.32 Å². The number of hydrogen-bond donors (Lipinski definition) is 1. The van der Waals surface area contributed by atoms with Gasteiger partial charge in [-0.05, 0) is 23.8 Å². The fraction of sp³-hybridized carbons (Fsp3) is 0.500. The van der Waals surface area contributed by atoms with E-state index < -0.39 is 12.2 Å². The van der Waals surface area contributed by atoms with E-state index in [-0.39, 0.29) is 30.4 Å². The van der Waals surface area contributed by atoms with Crippen LogP contribution in [-0.2, 0) is 0 Å². The van der Waals surface area contributed by atoms with E-state index in [0.29, 0.717) is 35.1 Å². The summed E-state index contributed by atoms with van der Waals surface area (Å²) in [4.78, 5) is 1.48. The highest BCUT2D eigenvalue weighted by Gasteiger charge is 2.45. The second-order valence-corrected chi connectivity index (χ2v) is 6.17. The van der Waals surface area contributed by atoms with Gasteiger partial charge in [-0.15, -0.1) is 24.8 Å². The number of nitrogens with one attached hydrogen (secondary N) is 1. The highest BCUT2D eigenvalue weighted by molar-refractivity contribution is 9.11. The number of nitrogens with zero attached hydrogens (tertiary/aromatic N) is 1. The van der Waals surface area contributed by atoms with Crippen molar-refractivity contribution in [3.05, 3.63) is 32.7 Å². The van der Waals surface area contributed by atoms with E-state index in [0.717, 1.165) is 0 Å². The zero-order chi connectivity index (χ0) is 14.0. The summed E-state index contributed by atoms with van der Waals surface area (Å²) in [5, 5.41) is 3.07. The van der Waals surface area contributed by atoms with Crippen LogP contribution in [0.3, 0.4) is 0 Å². The molecule has 0 aliphatic carbocycles. The van der Waals surface area contributed by atoms with Crippen LogP contribution in [0.25, 0.3) is 0 Å². The average molecular weight is 475 g/mol. The van der Waals surface area contributed by atoms with Crippen LogP contribution in [0.5, 0.6) is 0 Å². The van der Waals surface area contributed by atoms with Crippen LogP contribution in [0, 0.1) is 0 Å². The van der Waals surface area contributed by atoms with Gasteiger partial charge in [0.05, 0.1) is 0 Å². The highest BCUT2D eigenvalue weighted by atomic mass is 79.9. The molecule has 122 valence electrons. The molecule has 0 amide bonds. The molecule has 0 spiro atoms. The Morgan fingerprint density at radius 2 is 1.67 bits per heavy atom. The largest absolute Gasteiger partial charge is 0.408 e. The Bertz CT molecular complexity index is 455. The highest BCUT2D eigenvalue weighted by Crippen LogP contribution is 2.41. The third-order valence-electron chi connectivity index (χ3n) is 3.08. The maximum atomic E-state index is 13.4. The number of halogens is 7. The molecule has 1 aromatic carbocycles. The lowest BCUT2D eigenvalue weighted by Gasteiger charge is -2.36. The SMILES string of the molecule is Cl.Cl.FC(F)(F)[C@@H](c1cc(Br)ccc1Br)N1CCNCC1. The third-order valence-corrected chi connectivity index (χ3v) is 4.29. The minimum Gasteiger partial charge on any atom is -0.314 e. The van der Waals surface area contributed by atoms with Gasteiger partial charge in [0.1, 0.15) is 6.04 Å². The summed E-state index contributed by atoms with van der Waals surface area (Å²) in [5.41, 5.74) is 0.253. The molecule has 0 aromatic heterocycles. The first-order chi connectivity index (χ1) is 8.89. The maximum Gasteiger partial charge on any atom is 0.408 e. The monoisotopic (exact) mass is 472 g/mol. The minimum atomic E-state index is -4.29. The Labute approximate surface area is 150 Å². The van der Waals surface area contributed by atoms with E-state index in [1.165, 1.54) is 11.0 Å². The normalized spacial score (nSPS) is 17.6. The molecule has 1 atom stereocenters. The number of rotatable bonds is 2. The Balaban J connectivity index is 0.00000200. The van der Waals surface area contributed by atoms with E-state index in [2.05, 4.69) is 37.2 Å². The smallest absolute Gasteiger partial charge is 0.314 e. The van der Waals surface area contributed by atoms with Crippen molar-refractivity contribution in [3.63, 3.8) is 0 Å². The molecule has 0 radical (unpaired) electrons. The Kier molecular flexibility index (Phi) is 9.13. The van der Waals surface area contributed by atoms with Gasteiger partial charge >= 0.3 is 6.18 Å². The summed E-state index contributed by atoms with van der Waals surface area (Å²) >= 11 is 6.46. The standard InChI is InChI=1S/C12H13Br2F3N2.2ClH/c13-8-1-2-10(14)9(7-8)11(12(15,16)17)19-5-3-18-4-6-19;;/h1-2,7,11,18H,3-6H2;2*1H/t11-;;/m1../s1. The summed E-state index contributed by atoms with van der Waals surface area (Å²) in [5.74, 6) is 0. The first-order valence-corrected chi connectivity index (χ1v) is 7.44. The van der Waals surface area contributed by atoms with Gasteiger partial charge in [0, 0.05) is 35.1 Å². The summed E-state index contributed by atoms with van der Waals surface area (Å²) < 4.78 is 41.3. The van der Waals surface area contributed by atoms with Gasteiger partial charge in [0.25, 0.3) is 0 Å². The predicted molar refractivity (Wildman–Crippen MR) is 89.6 cm³/mol. The lowest BCUT2D eigenvalue weighted by Crippen LogP contribution is -2.49. The zero-order valence-corrected chi connectivity index (χ0v) is 15.6. The first kappa shape index (κ1) is 21.5. The summed E-state index contributed by atoms with van der Waals surface area (Å²) in [6, 6.07) is 3.32. The third kappa shape index (κ3) is 5.55. The molecule has 1 aliphatic rings. The minimum absolute atomic E-state index is 0. The van der Waals surface area contributed by atoms with E-state index in [9.17, 15) is 13.2 Å². The van der Waals surface area contributed by atoms with Gasteiger partial charge in [0.15, 0.2) is 0 Å². The molecule has 2 rings (SSSR count). The lowest BCUT2D eigenvalue weighted by molar-refractivity contribution is -0.188. The fourth-order valence-electron chi connectivity index (χ4n) is 2.24. The van der Waals surface area contributed by atoms with Gasteiger partial charge in [-0.3, -0.25) is 4.90 Å². The number of benzene rings is 1. The lowest BCUT2D eigenvalue weighted by atomic mass is 10.0. The molecule has 1 N–H and O–H groups in total. The zero-order valence-electron chi connectivity index (χ0n) is 10.8. The van der Waals surface area contributed by atoms with Crippen molar-refractivity contribution < 1.29 is 13.2 Å². The van der Waals surface area contributed by atoms with Crippen LogP contribution in [0.15, 0.2) is 27.1 Å². The van der Waals surface area contributed by atoms with Gasteiger partial charge in [0.2, 0.25) is 0 Å². The van der Waals surface area contributed by atoms with Gasteiger partial charge in [-0.25, -0.2) is 0 Å². The van der Waals surface area contributed by atoms with Gasteiger partial charge in [-0.2, -0.15) is 13.2 Å². The summed E-state index contributed by atoms with van der Waals surface area (Å²) in [7, 11) is 0. The molecule has 1 saturated heterocycles. The second-order valence-electron chi connectivity index (χ2n) is 4.40. The van der Waals surface area contributed by atoms with Crippen LogP contribution >= 0.6 is 56.7 Å². The molecule has 0 bridgehead atoms. The quantitative estimate of drug-likeness (QED) is 0.676. The first-order valence-electron chi connectivity index (χ1n) is 5.86. The molecular formula is C12H15Br2Cl2F3N2. The number of hydrogen-bond acceptors (Lipinski definition) is 2. The van der Waals surface area contributed by atoms with Crippen molar-refractivity contribution in [3.8, 4) is 0 Å². The van der Waals surface area contributed by atoms with Gasteiger partial charge in [-0.1, -0.05) is 31.9 Å². The average Bonchev–Trinajstić information content (AvgIpc) is 2.33. The molecule has 1 aliphatic heterocycles. The fourth-order valence-corrected chi connectivity index (χ4v) is 3.09. The van der Waals surface area contributed by atoms with Crippen LogP contribution in [0.1, 0.15) is 11.6 Å². The molecule has 21 heavy (non-hydrogen) atoms.